The van der Waals surface area contributed by atoms with Crippen LogP contribution in [0.3, 0.4) is 0 Å². The normalized spacial score (nSPS) is 14.4. The molecule has 0 heterocycles. The van der Waals surface area contributed by atoms with Crippen LogP contribution >= 0.6 is 17.3 Å². The molecule has 0 aromatic rings. The zero-order chi connectivity index (χ0) is 4.99. The molecule has 0 saturated carbocycles. The third kappa shape index (κ3) is 4.16. The SMILES string of the molecule is [2H][P+](=O)OP=O. The lowest BCUT2D eigenvalue weighted by atomic mass is 15.8. The Balaban J connectivity index is 3.05. The highest BCUT2D eigenvalue weighted by Crippen LogP contribution is 2.04. The average Bonchev–Trinajstić information content (AvgIpc) is 1.35. The molecule has 3 nitrogen and oxygen atoms in total. The minimum atomic E-state index is -2.43. The van der Waals surface area contributed by atoms with Crippen LogP contribution in [0.5, 0.6) is 0 Å². The lowest BCUT2D eigenvalue weighted by Crippen LogP contribution is -1.26. The highest BCUT2D eigenvalue weighted by Gasteiger charge is 1.80. The van der Waals surface area contributed by atoms with Crippen molar-refractivity contribution in [2.24, 2.45) is 0 Å². The predicted octanol–water partition coefficient (Wildman–Crippen LogP) is 1.15. The molecule has 0 rings (SSSR count). The van der Waals surface area contributed by atoms with Crippen molar-refractivity contribution < 1.29 is 13.4 Å². The molecule has 0 aromatic heterocycles. The first-order chi connectivity index (χ1) is 2.77. The molecule has 0 aliphatic carbocycles. The maximum absolute atomic E-state index is 9.43. The lowest BCUT2D eigenvalue weighted by Gasteiger charge is -1.41. The van der Waals surface area contributed by atoms with Crippen molar-refractivity contribution in [3.63, 3.8) is 0 Å². The van der Waals surface area contributed by atoms with Crippen LogP contribution in [0.15, 0.2) is 0 Å². The molecule has 0 N–H and O–H groups in total. The second kappa shape index (κ2) is 4.16. The summed E-state index contributed by atoms with van der Waals surface area (Å²) in [6, 6.07) is 0. The second-order valence-corrected chi connectivity index (χ2v) is 1.18. The fourth-order valence-corrected chi connectivity index (χ4v) is 0.122. The molecule has 0 bridgehead atoms. The molecule has 0 aromatic carbocycles. The van der Waals surface area contributed by atoms with Crippen molar-refractivity contribution in [1.82, 2.24) is 0 Å². The van der Waals surface area contributed by atoms with Crippen LogP contribution in [0, 0.1) is 0 Å². The summed E-state index contributed by atoms with van der Waals surface area (Å²) in [5.74, 6) is 0. The van der Waals surface area contributed by atoms with E-state index in [-0.39, 0.29) is 0 Å². The molecule has 0 amide bonds. The molecule has 5 heavy (non-hydrogen) atoms. The Morgan fingerprint density at radius 3 is 2.80 bits per heavy atom. The Labute approximate surface area is 33.2 Å². The Bertz CT molecular complexity index is 69.2. The van der Waals surface area contributed by atoms with Crippen LogP contribution in [-0.4, -0.2) is 1.28 Å². The topological polar surface area (TPSA) is 43.4 Å². The van der Waals surface area contributed by atoms with Crippen LogP contribution in [0.1, 0.15) is 0 Å². The van der Waals surface area contributed by atoms with Gasteiger partial charge in [0.1, 0.15) is 0 Å². The van der Waals surface area contributed by atoms with E-state index in [1.807, 2.05) is 0 Å². The molecular formula is HO3P2+. The molecule has 1 atom stereocenters. The van der Waals surface area contributed by atoms with Crippen molar-refractivity contribution in [3.8, 4) is 0 Å². The van der Waals surface area contributed by atoms with Gasteiger partial charge in [0, 0.05) is 0 Å². The Morgan fingerprint density at radius 2 is 2.80 bits per heavy atom. The van der Waals surface area contributed by atoms with Crippen LogP contribution in [-0.2, 0) is 13.4 Å². The molecule has 0 aliphatic rings. The van der Waals surface area contributed by atoms with E-state index >= 15 is 0 Å². The van der Waals surface area contributed by atoms with Crippen LogP contribution < -0.4 is 0 Å². The van der Waals surface area contributed by atoms with E-state index in [9.17, 15) is 9.13 Å². The van der Waals surface area contributed by atoms with Crippen molar-refractivity contribution in [1.29, 1.82) is 1.28 Å². The summed E-state index contributed by atoms with van der Waals surface area (Å²) in [4.78, 5) is 0. The third-order valence-corrected chi connectivity index (χ3v) is 0.600. The summed E-state index contributed by atoms with van der Waals surface area (Å²) in [5.41, 5.74) is 0. The fraction of sp³-hybridized carbons (Fsp3) is 0. The van der Waals surface area contributed by atoms with Gasteiger partial charge in [-0.3, -0.25) is 0 Å². The summed E-state index contributed by atoms with van der Waals surface area (Å²) in [6.07, 6.45) is 0. The van der Waals surface area contributed by atoms with Gasteiger partial charge in [-0.2, -0.15) is 0 Å². The summed E-state index contributed by atoms with van der Waals surface area (Å²) in [5, 5.41) is 0. The Kier molecular flexibility index (Phi) is 2.79. The van der Waals surface area contributed by atoms with Crippen LogP contribution in [0.2, 0.25) is 0 Å². The second-order valence-electron chi connectivity index (χ2n) is 0.231. The first-order valence-corrected chi connectivity index (χ1v) is 2.19. The highest BCUT2D eigenvalue weighted by molar-refractivity contribution is 7.32. The summed E-state index contributed by atoms with van der Waals surface area (Å²) in [6.45, 7) is 0. The molecule has 0 fully saturated rings. The largest absolute Gasteiger partial charge is 0.506 e. The molecular weight excluding hydrogens is 110 g/mol. The van der Waals surface area contributed by atoms with Crippen LogP contribution in [0.25, 0.3) is 0 Å². The van der Waals surface area contributed by atoms with Gasteiger partial charge in [0.15, 0.2) is 0 Å². The van der Waals surface area contributed by atoms with Crippen molar-refractivity contribution in [2.75, 3.05) is 0 Å². The van der Waals surface area contributed by atoms with E-state index in [0.717, 1.165) is 0 Å². The van der Waals surface area contributed by atoms with E-state index in [1.165, 1.54) is 0 Å². The smallest absolute Gasteiger partial charge is 0.236 e. The first-order valence-electron chi connectivity index (χ1n) is 1.18. The standard InChI is InChI=1S/HO3P2/c1-4-3-5-2/h4H/q+1/i4D. The molecule has 0 spiro atoms. The van der Waals surface area contributed by atoms with Crippen molar-refractivity contribution in [3.05, 3.63) is 0 Å². The summed E-state index contributed by atoms with van der Waals surface area (Å²) >= 11 is 0. The van der Waals surface area contributed by atoms with Gasteiger partial charge in [0.25, 0.3) is 0 Å². The van der Waals surface area contributed by atoms with Gasteiger partial charge in [0.2, 0.25) is 0 Å². The maximum Gasteiger partial charge on any atom is 0.506 e. The van der Waals surface area contributed by atoms with Gasteiger partial charge in [0.05, 0.1) is 0 Å². The maximum atomic E-state index is 9.43. The van der Waals surface area contributed by atoms with Gasteiger partial charge < -0.3 is 0 Å². The van der Waals surface area contributed by atoms with E-state index in [2.05, 4.69) is 4.31 Å². The van der Waals surface area contributed by atoms with Gasteiger partial charge in [-0.25, -0.2) is 4.57 Å². The molecule has 0 radical (unpaired) electrons. The zero-order valence-electron chi connectivity index (χ0n) is 3.12. The van der Waals surface area contributed by atoms with Crippen molar-refractivity contribution >= 4 is 17.3 Å². The predicted molar refractivity (Wildman–Crippen MR) is 17.7 cm³/mol. The van der Waals surface area contributed by atoms with E-state index in [0.29, 0.717) is 0 Å². The van der Waals surface area contributed by atoms with Gasteiger partial charge in [-0.15, -0.1) is 0 Å². The molecule has 1 unspecified atom stereocenters. The molecule has 0 saturated heterocycles. The average molecular weight is 112 g/mol. The van der Waals surface area contributed by atoms with Gasteiger partial charge in [-0.05, 0) is 8.88 Å². The highest BCUT2D eigenvalue weighted by atomic mass is 31.1. The minimum absolute atomic E-state index is 0.697. The molecule has 28 valence electrons. The lowest BCUT2D eigenvalue weighted by molar-refractivity contribution is 0.516. The third-order valence-electron chi connectivity index (χ3n) is 0.0667. The van der Waals surface area contributed by atoms with Gasteiger partial charge in [-0.1, -0.05) is 0 Å². The Morgan fingerprint density at radius 1 is 2.20 bits per heavy atom. The fourth-order valence-electron chi connectivity index (χ4n) is 0.0136. The van der Waals surface area contributed by atoms with Crippen molar-refractivity contribution in [2.45, 2.75) is 0 Å². The molecule has 5 heteroatoms. The number of hydrogen-bond donors (Lipinski definition) is 0. The quantitative estimate of drug-likeness (QED) is 0.503. The number of rotatable bonds is 2. The summed E-state index contributed by atoms with van der Waals surface area (Å²) in [7, 11) is -3.12. The first kappa shape index (κ1) is 3.35. The number of hydrogen-bond acceptors (Lipinski definition) is 3. The summed E-state index contributed by atoms with van der Waals surface area (Å²) < 4.78 is 28.3. The monoisotopic (exact) mass is 112 g/mol. The molecule has 0 aliphatic heterocycles. The van der Waals surface area contributed by atoms with E-state index in [1.54, 1.807) is 0 Å². The zero-order valence-corrected chi connectivity index (χ0v) is 3.91. The van der Waals surface area contributed by atoms with Gasteiger partial charge >= 0.3 is 18.6 Å². The Hall–Kier alpha value is 0.160. The minimum Gasteiger partial charge on any atom is -0.236 e. The van der Waals surface area contributed by atoms with E-state index < -0.39 is 17.3 Å². The van der Waals surface area contributed by atoms with E-state index in [4.69, 9.17) is 1.28 Å². The van der Waals surface area contributed by atoms with Crippen LogP contribution in [0.4, 0.5) is 0 Å².